The topological polar surface area (TPSA) is 104 Å². The lowest BCUT2D eigenvalue weighted by atomic mass is 9.85. The third kappa shape index (κ3) is 5.68. The number of imide groups is 1. The number of benzene rings is 3. The summed E-state index contributed by atoms with van der Waals surface area (Å²) >= 11 is 1.89. The molecule has 6 rings (SSSR count). The van der Waals surface area contributed by atoms with Gasteiger partial charge < -0.3 is 14.0 Å². The van der Waals surface area contributed by atoms with Crippen LogP contribution < -0.4 is 4.90 Å². The van der Waals surface area contributed by atoms with Gasteiger partial charge in [-0.05, 0) is 49.4 Å². The van der Waals surface area contributed by atoms with Gasteiger partial charge in [0.1, 0.15) is 12.0 Å². The fourth-order valence-corrected chi connectivity index (χ4v) is 6.51. The number of esters is 1. The minimum absolute atomic E-state index is 0.0105. The molecular formula is C36H28FIN4O5. The first-order valence-corrected chi connectivity index (χ1v) is 16.2. The highest BCUT2D eigenvalue weighted by atomic mass is 127. The SMILES string of the molecule is CC#C[C@]1(OC(=O)c2ccccc2)[C@H](n2ccc3c(N(C(=O)c4ccccc4)C(=O)c4ccccc4)ncnc32)O[C@](F)(CI)[C@H]1C. The average molecular weight is 743 g/mol. The first kappa shape index (κ1) is 32.0. The van der Waals surface area contributed by atoms with Crippen LogP contribution in [0, 0.1) is 17.8 Å². The van der Waals surface area contributed by atoms with Crippen LogP contribution in [0.4, 0.5) is 10.2 Å². The van der Waals surface area contributed by atoms with Gasteiger partial charge in [0.05, 0.1) is 21.3 Å². The number of nitrogens with zero attached hydrogens (tertiary/aromatic N) is 4. The predicted molar refractivity (Wildman–Crippen MR) is 182 cm³/mol. The molecule has 236 valence electrons. The zero-order chi connectivity index (χ0) is 33.2. The molecule has 0 saturated carbocycles. The minimum Gasteiger partial charge on any atom is -0.437 e. The average Bonchev–Trinajstić information content (AvgIpc) is 3.63. The molecule has 9 nitrogen and oxygen atoms in total. The Bertz CT molecular complexity index is 1960. The Hall–Kier alpha value is -4.93. The van der Waals surface area contributed by atoms with Crippen molar-refractivity contribution < 1.29 is 28.2 Å². The van der Waals surface area contributed by atoms with Crippen molar-refractivity contribution in [3.8, 4) is 11.8 Å². The number of rotatable bonds is 7. The molecule has 0 bridgehead atoms. The van der Waals surface area contributed by atoms with Gasteiger partial charge >= 0.3 is 5.97 Å². The first-order chi connectivity index (χ1) is 22.7. The van der Waals surface area contributed by atoms with Gasteiger partial charge in [0.15, 0.2) is 12.0 Å². The third-order valence-electron chi connectivity index (χ3n) is 8.14. The molecule has 3 aromatic carbocycles. The molecule has 1 fully saturated rings. The van der Waals surface area contributed by atoms with Crippen molar-refractivity contribution >= 4 is 57.2 Å². The lowest BCUT2D eigenvalue weighted by Gasteiger charge is -2.33. The molecular weight excluding hydrogens is 714 g/mol. The van der Waals surface area contributed by atoms with Crippen molar-refractivity contribution in [2.75, 3.05) is 9.33 Å². The van der Waals surface area contributed by atoms with E-state index < -0.39 is 41.4 Å². The number of alkyl halides is 2. The molecule has 0 radical (unpaired) electrons. The van der Waals surface area contributed by atoms with E-state index in [1.165, 1.54) is 10.9 Å². The lowest BCUT2D eigenvalue weighted by Crippen LogP contribution is -2.46. The molecule has 1 aliphatic rings. The summed E-state index contributed by atoms with van der Waals surface area (Å²) in [6, 6.07) is 26.7. The monoisotopic (exact) mass is 742 g/mol. The second-order valence-electron chi connectivity index (χ2n) is 10.9. The number of fused-ring (bicyclic) bond motifs is 1. The van der Waals surface area contributed by atoms with Gasteiger partial charge in [0.2, 0.25) is 11.5 Å². The van der Waals surface area contributed by atoms with E-state index in [2.05, 4.69) is 21.8 Å². The second-order valence-corrected chi connectivity index (χ2v) is 11.6. The number of hydrogen-bond acceptors (Lipinski definition) is 7. The van der Waals surface area contributed by atoms with Crippen LogP contribution in [0.1, 0.15) is 51.1 Å². The molecule has 1 aliphatic heterocycles. The molecule has 1 saturated heterocycles. The number of carbonyl (C=O) groups excluding carboxylic acids is 3. The molecule has 2 amide bonds. The highest BCUT2D eigenvalue weighted by Crippen LogP contribution is 2.53. The van der Waals surface area contributed by atoms with Gasteiger partial charge in [-0.15, -0.1) is 5.92 Å². The maximum atomic E-state index is 16.5. The van der Waals surface area contributed by atoms with Gasteiger partial charge in [0, 0.05) is 17.3 Å². The molecule has 47 heavy (non-hydrogen) atoms. The fourth-order valence-electron chi connectivity index (χ4n) is 5.67. The Morgan fingerprint density at radius 1 is 0.915 bits per heavy atom. The Labute approximate surface area is 283 Å². The van der Waals surface area contributed by atoms with Crippen molar-refractivity contribution in [3.63, 3.8) is 0 Å². The number of hydrogen-bond donors (Lipinski definition) is 0. The Morgan fingerprint density at radius 2 is 1.47 bits per heavy atom. The number of halogens is 2. The van der Waals surface area contributed by atoms with Crippen molar-refractivity contribution in [1.82, 2.24) is 14.5 Å². The predicted octanol–water partition coefficient (Wildman–Crippen LogP) is 6.80. The van der Waals surface area contributed by atoms with Crippen molar-refractivity contribution in [2.45, 2.75) is 31.5 Å². The molecule has 3 heterocycles. The highest BCUT2D eigenvalue weighted by molar-refractivity contribution is 14.1. The van der Waals surface area contributed by atoms with Crippen LogP contribution in [0.5, 0.6) is 0 Å². The maximum absolute atomic E-state index is 16.5. The smallest absolute Gasteiger partial charge is 0.339 e. The fraction of sp³-hybridized carbons (Fsp3) is 0.194. The number of ether oxygens (including phenoxy) is 2. The van der Waals surface area contributed by atoms with Crippen molar-refractivity contribution in [3.05, 3.63) is 126 Å². The van der Waals surface area contributed by atoms with E-state index in [1.54, 1.807) is 117 Å². The van der Waals surface area contributed by atoms with Gasteiger partial charge in [-0.2, -0.15) is 0 Å². The third-order valence-corrected chi connectivity index (χ3v) is 9.18. The minimum atomic E-state index is -2.24. The number of anilines is 1. The number of aromatic nitrogens is 3. The molecule has 11 heteroatoms. The summed E-state index contributed by atoms with van der Waals surface area (Å²) in [6.07, 6.45) is 1.47. The molecule has 4 atom stereocenters. The summed E-state index contributed by atoms with van der Waals surface area (Å²) in [6.45, 7) is 3.16. The summed E-state index contributed by atoms with van der Waals surface area (Å²) in [5.41, 5.74) is -0.791. The summed E-state index contributed by atoms with van der Waals surface area (Å²) < 4.78 is 30.2. The standard InChI is InChI=1S/C36H28FIN4O5/c1-3-20-35(46-33(45)27-17-11-6-12-18-27)24(2)36(37,22-38)47-34(35)41-21-19-28-29(41)39-23-40-30(28)42(31(43)25-13-7-4-8-14-25)32(44)26-15-9-5-10-16-26/h4-19,21,23-24,34H,22H2,1-2H3/t24-,34+,35+,36+/m0/s1. The van der Waals surface area contributed by atoms with Crippen LogP contribution in [-0.2, 0) is 9.47 Å². The molecule has 0 spiro atoms. The molecule has 0 unspecified atom stereocenters. The van der Waals surface area contributed by atoms with E-state index >= 15 is 4.39 Å². The molecule has 2 aromatic heterocycles. The molecule has 0 N–H and O–H groups in total. The van der Waals surface area contributed by atoms with E-state index in [4.69, 9.17) is 9.47 Å². The lowest BCUT2D eigenvalue weighted by molar-refractivity contribution is -0.154. The van der Waals surface area contributed by atoms with Crippen molar-refractivity contribution in [1.29, 1.82) is 0 Å². The largest absolute Gasteiger partial charge is 0.437 e. The van der Waals surface area contributed by atoms with Crippen LogP contribution in [0.3, 0.4) is 0 Å². The Kier molecular flexibility index (Phi) is 8.90. The van der Waals surface area contributed by atoms with Crippen LogP contribution in [-0.4, -0.2) is 48.2 Å². The van der Waals surface area contributed by atoms with E-state index in [0.29, 0.717) is 5.39 Å². The van der Waals surface area contributed by atoms with Crippen LogP contribution in [0.2, 0.25) is 0 Å². The van der Waals surface area contributed by atoms with E-state index in [-0.39, 0.29) is 32.6 Å². The Balaban J connectivity index is 1.51. The summed E-state index contributed by atoms with van der Waals surface area (Å²) in [4.78, 5) is 51.3. The zero-order valence-corrected chi connectivity index (χ0v) is 27.5. The zero-order valence-electron chi connectivity index (χ0n) is 25.3. The van der Waals surface area contributed by atoms with Gasteiger partial charge in [-0.25, -0.2) is 24.1 Å². The normalized spacial score (nSPS) is 21.9. The number of amides is 2. The maximum Gasteiger partial charge on any atom is 0.339 e. The Morgan fingerprint density at radius 3 is 2.00 bits per heavy atom. The van der Waals surface area contributed by atoms with Gasteiger partial charge in [-0.3, -0.25) is 9.59 Å². The van der Waals surface area contributed by atoms with E-state index in [1.807, 2.05) is 22.6 Å². The van der Waals surface area contributed by atoms with E-state index in [9.17, 15) is 14.4 Å². The quantitative estimate of drug-likeness (QED) is 0.0594. The first-order valence-electron chi connectivity index (χ1n) is 14.7. The number of carbonyl (C=O) groups is 3. The van der Waals surface area contributed by atoms with Crippen LogP contribution in [0.25, 0.3) is 11.0 Å². The highest BCUT2D eigenvalue weighted by Gasteiger charge is 2.65. The summed E-state index contributed by atoms with van der Waals surface area (Å²) in [5, 5.41) is 0.302. The summed E-state index contributed by atoms with van der Waals surface area (Å²) in [7, 11) is 0. The molecule has 5 aromatic rings. The van der Waals surface area contributed by atoms with Crippen LogP contribution in [0.15, 0.2) is 110 Å². The summed E-state index contributed by atoms with van der Waals surface area (Å²) in [5.74, 6) is 0.616. The van der Waals surface area contributed by atoms with Gasteiger partial charge in [0.25, 0.3) is 11.8 Å². The molecule has 0 aliphatic carbocycles. The second kappa shape index (κ2) is 13.1. The van der Waals surface area contributed by atoms with Gasteiger partial charge in [-0.1, -0.05) is 90.0 Å². The van der Waals surface area contributed by atoms with E-state index in [0.717, 1.165) is 4.90 Å². The van der Waals surface area contributed by atoms with Crippen LogP contribution >= 0.6 is 22.6 Å². The van der Waals surface area contributed by atoms with Crippen molar-refractivity contribution in [2.24, 2.45) is 5.92 Å².